The molecule has 2 amide bonds. The van der Waals surface area contributed by atoms with Gasteiger partial charge in [-0.25, -0.2) is 4.79 Å². The highest BCUT2D eigenvalue weighted by Crippen LogP contribution is 2.12. The van der Waals surface area contributed by atoms with Crippen LogP contribution in [0.5, 0.6) is 0 Å². The Morgan fingerprint density at radius 3 is 2.82 bits per heavy atom. The molecule has 0 aromatic heterocycles. The van der Waals surface area contributed by atoms with Gasteiger partial charge in [0.2, 0.25) is 0 Å². The number of carbonyl (C=O) groups excluding carboxylic acids is 1. The molecular weight excluding hydrogens is 226 g/mol. The lowest BCUT2D eigenvalue weighted by molar-refractivity contribution is -0.384. The van der Waals surface area contributed by atoms with E-state index in [1.165, 1.54) is 12.1 Å². The normalized spacial score (nSPS) is 9.71. The molecule has 92 valence electrons. The molecule has 1 rings (SSSR count). The van der Waals surface area contributed by atoms with E-state index in [9.17, 15) is 14.9 Å². The molecule has 0 atom stereocenters. The molecule has 0 spiro atoms. The molecule has 3 N–H and O–H groups in total. The van der Waals surface area contributed by atoms with Crippen LogP contribution in [0.4, 0.5) is 10.5 Å². The summed E-state index contributed by atoms with van der Waals surface area (Å²) < 4.78 is 0. The Labute approximate surface area is 97.6 Å². The Balaban J connectivity index is 2.49. The highest BCUT2D eigenvalue weighted by atomic mass is 16.6. The number of hydrogen-bond donors (Lipinski definition) is 3. The maximum atomic E-state index is 11.1. The summed E-state index contributed by atoms with van der Waals surface area (Å²) in [5.74, 6) is 0. The van der Waals surface area contributed by atoms with Crippen molar-refractivity contribution in [1.29, 1.82) is 0 Å². The number of nitrogens with zero attached hydrogens (tertiary/aromatic N) is 1. The van der Waals surface area contributed by atoms with Crippen LogP contribution in [-0.2, 0) is 6.54 Å². The number of benzene rings is 1. The van der Waals surface area contributed by atoms with E-state index in [4.69, 9.17) is 5.11 Å². The minimum Gasteiger partial charge on any atom is -0.395 e. The van der Waals surface area contributed by atoms with Crippen LogP contribution in [0.2, 0.25) is 0 Å². The Bertz CT molecular complexity index is 408. The number of nitro benzene ring substituents is 1. The zero-order valence-electron chi connectivity index (χ0n) is 9.05. The first-order valence-electron chi connectivity index (χ1n) is 4.99. The molecule has 7 nitrogen and oxygen atoms in total. The van der Waals surface area contributed by atoms with E-state index < -0.39 is 11.0 Å². The third-order valence-electron chi connectivity index (χ3n) is 1.97. The van der Waals surface area contributed by atoms with E-state index in [1.807, 2.05) is 0 Å². The number of aliphatic hydroxyl groups excluding tert-OH is 1. The fourth-order valence-corrected chi connectivity index (χ4v) is 1.19. The molecule has 0 saturated heterocycles. The molecule has 0 aliphatic heterocycles. The van der Waals surface area contributed by atoms with Gasteiger partial charge >= 0.3 is 6.03 Å². The summed E-state index contributed by atoms with van der Waals surface area (Å²) in [6.07, 6.45) is 0. The van der Waals surface area contributed by atoms with Crippen molar-refractivity contribution in [2.24, 2.45) is 0 Å². The SMILES string of the molecule is O=C(NCCO)NCc1cccc([N+](=O)[O-])c1. The van der Waals surface area contributed by atoms with Gasteiger partial charge in [0.15, 0.2) is 0 Å². The number of amides is 2. The van der Waals surface area contributed by atoms with Crippen LogP contribution in [0.3, 0.4) is 0 Å². The smallest absolute Gasteiger partial charge is 0.315 e. The molecule has 0 saturated carbocycles. The van der Waals surface area contributed by atoms with E-state index in [0.717, 1.165) is 0 Å². The fourth-order valence-electron chi connectivity index (χ4n) is 1.19. The minimum absolute atomic E-state index is 0.0138. The van der Waals surface area contributed by atoms with Gasteiger partial charge < -0.3 is 15.7 Å². The largest absolute Gasteiger partial charge is 0.395 e. The molecule has 0 fully saturated rings. The van der Waals surface area contributed by atoms with E-state index in [0.29, 0.717) is 5.56 Å². The number of carbonyl (C=O) groups is 1. The number of aliphatic hydroxyl groups is 1. The van der Waals surface area contributed by atoms with Crippen LogP contribution < -0.4 is 10.6 Å². The van der Waals surface area contributed by atoms with Crippen molar-refractivity contribution in [3.63, 3.8) is 0 Å². The molecule has 0 aliphatic rings. The van der Waals surface area contributed by atoms with Gasteiger partial charge in [0.25, 0.3) is 5.69 Å². The van der Waals surface area contributed by atoms with E-state index in [2.05, 4.69) is 10.6 Å². The van der Waals surface area contributed by atoms with Crippen molar-refractivity contribution in [2.75, 3.05) is 13.2 Å². The number of non-ortho nitro benzene ring substituents is 1. The van der Waals surface area contributed by atoms with Crippen molar-refractivity contribution in [1.82, 2.24) is 10.6 Å². The van der Waals surface area contributed by atoms with Crippen LogP contribution in [0.15, 0.2) is 24.3 Å². The topological polar surface area (TPSA) is 104 Å². The number of nitrogens with one attached hydrogen (secondary N) is 2. The van der Waals surface area contributed by atoms with Crippen LogP contribution in [-0.4, -0.2) is 29.2 Å². The Hall–Kier alpha value is -2.15. The summed E-state index contributed by atoms with van der Waals surface area (Å²) in [5.41, 5.74) is 0.624. The number of urea groups is 1. The lowest BCUT2D eigenvalue weighted by Gasteiger charge is -2.06. The summed E-state index contributed by atoms with van der Waals surface area (Å²) in [4.78, 5) is 21.1. The van der Waals surface area contributed by atoms with E-state index in [-0.39, 0.29) is 25.4 Å². The highest BCUT2D eigenvalue weighted by molar-refractivity contribution is 5.73. The fraction of sp³-hybridized carbons (Fsp3) is 0.300. The van der Waals surface area contributed by atoms with Crippen LogP contribution in [0, 0.1) is 10.1 Å². The van der Waals surface area contributed by atoms with Gasteiger partial charge in [0.05, 0.1) is 11.5 Å². The Morgan fingerprint density at radius 2 is 2.18 bits per heavy atom. The van der Waals surface area contributed by atoms with E-state index >= 15 is 0 Å². The third kappa shape index (κ3) is 4.47. The summed E-state index contributed by atoms with van der Waals surface area (Å²) >= 11 is 0. The van der Waals surface area contributed by atoms with Gasteiger partial charge in [-0.1, -0.05) is 12.1 Å². The van der Waals surface area contributed by atoms with Gasteiger partial charge in [-0.15, -0.1) is 0 Å². The van der Waals surface area contributed by atoms with Crippen LogP contribution in [0.25, 0.3) is 0 Å². The Kier molecular flexibility index (Phi) is 4.89. The standard InChI is InChI=1S/C10H13N3O4/c14-5-4-11-10(15)12-7-8-2-1-3-9(6-8)13(16)17/h1-3,6,14H,4-5,7H2,(H2,11,12,15). The maximum Gasteiger partial charge on any atom is 0.315 e. The molecule has 7 heteroatoms. The summed E-state index contributed by atoms with van der Waals surface area (Å²) in [6, 6.07) is 5.59. The zero-order chi connectivity index (χ0) is 12.7. The first kappa shape index (κ1) is 12.9. The molecule has 0 unspecified atom stereocenters. The predicted molar refractivity (Wildman–Crippen MR) is 60.4 cm³/mol. The van der Waals surface area contributed by atoms with Gasteiger partial charge in [-0.2, -0.15) is 0 Å². The molecular formula is C10H13N3O4. The lowest BCUT2D eigenvalue weighted by Crippen LogP contribution is -2.36. The molecule has 17 heavy (non-hydrogen) atoms. The van der Waals surface area contributed by atoms with Crippen molar-refractivity contribution in [3.8, 4) is 0 Å². The number of nitro groups is 1. The molecule has 0 radical (unpaired) electrons. The monoisotopic (exact) mass is 239 g/mol. The van der Waals surface area contributed by atoms with Gasteiger partial charge in [-0.3, -0.25) is 10.1 Å². The molecule has 1 aromatic rings. The van der Waals surface area contributed by atoms with Gasteiger partial charge in [0.1, 0.15) is 0 Å². The summed E-state index contributed by atoms with van der Waals surface area (Å²) in [6.45, 7) is 0.226. The van der Waals surface area contributed by atoms with E-state index in [1.54, 1.807) is 12.1 Å². The van der Waals surface area contributed by atoms with Gasteiger partial charge in [-0.05, 0) is 5.56 Å². The average Bonchev–Trinajstić information content (AvgIpc) is 2.34. The first-order chi connectivity index (χ1) is 8.13. The van der Waals surface area contributed by atoms with Crippen molar-refractivity contribution in [3.05, 3.63) is 39.9 Å². The van der Waals surface area contributed by atoms with Crippen molar-refractivity contribution >= 4 is 11.7 Å². The lowest BCUT2D eigenvalue weighted by atomic mass is 10.2. The molecule has 1 aromatic carbocycles. The van der Waals surface area contributed by atoms with Gasteiger partial charge in [0, 0.05) is 25.2 Å². The summed E-state index contributed by atoms with van der Waals surface area (Å²) in [5, 5.41) is 23.9. The minimum atomic E-state index is -0.491. The number of hydrogen-bond acceptors (Lipinski definition) is 4. The number of rotatable bonds is 5. The molecule has 0 bridgehead atoms. The first-order valence-corrected chi connectivity index (χ1v) is 4.99. The van der Waals surface area contributed by atoms with Crippen molar-refractivity contribution in [2.45, 2.75) is 6.54 Å². The predicted octanol–water partition coefficient (Wildman–Crippen LogP) is 0.386. The summed E-state index contributed by atoms with van der Waals surface area (Å²) in [7, 11) is 0. The highest BCUT2D eigenvalue weighted by Gasteiger charge is 2.06. The van der Waals surface area contributed by atoms with Crippen molar-refractivity contribution < 1.29 is 14.8 Å². The average molecular weight is 239 g/mol. The quantitative estimate of drug-likeness (QED) is 0.510. The second kappa shape index (κ2) is 6.44. The Morgan fingerprint density at radius 1 is 1.41 bits per heavy atom. The second-order valence-electron chi connectivity index (χ2n) is 3.26. The second-order valence-corrected chi connectivity index (χ2v) is 3.26. The van der Waals surface area contributed by atoms with Crippen LogP contribution >= 0.6 is 0 Å². The molecule has 0 heterocycles. The van der Waals surface area contributed by atoms with Crippen LogP contribution in [0.1, 0.15) is 5.56 Å². The maximum absolute atomic E-state index is 11.1. The zero-order valence-corrected chi connectivity index (χ0v) is 9.05. The third-order valence-corrected chi connectivity index (χ3v) is 1.97. The molecule has 0 aliphatic carbocycles.